The fourth-order valence-electron chi connectivity index (χ4n) is 4.00. The second-order valence-electron chi connectivity index (χ2n) is 7.94. The molecule has 0 unspecified atom stereocenters. The lowest BCUT2D eigenvalue weighted by atomic mass is 10.1. The minimum Gasteiger partial charge on any atom is -0.486 e. The zero-order valence-electron chi connectivity index (χ0n) is 18.1. The zero-order chi connectivity index (χ0) is 22.5. The predicted molar refractivity (Wildman–Crippen MR) is 123 cm³/mol. The van der Waals surface area contributed by atoms with Gasteiger partial charge in [0.05, 0.1) is 23.8 Å². The van der Waals surface area contributed by atoms with Gasteiger partial charge in [-0.05, 0) is 61.4 Å². The van der Waals surface area contributed by atoms with Crippen LogP contribution >= 0.6 is 0 Å². The molecule has 0 saturated carbocycles. The Hall–Kier alpha value is -4.33. The highest BCUT2D eigenvalue weighted by Crippen LogP contribution is 2.33. The third-order valence-electron chi connectivity index (χ3n) is 5.86. The van der Waals surface area contributed by atoms with Crippen molar-refractivity contribution in [3.63, 3.8) is 0 Å². The van der Waals surface area contributed by atoms with E-state index in [1.54, 1.807) is 41.4 Å². The Kier molecular flexibility index (Phi) is 4.33. The molecular formula is C25H20N4O4. The number of rotatable bonds is 3. The fourth-order valence-corrected chi connectivity index (χ4v) is 4.00. The molecular weight excluding hydrogens is 420 g/mol. The monoisotopic (exact) mass is 440 g/mol. The summed E-state index contributed by atoms with van der Waals surface area (Å²) in [5.74, 6) is 2.08. The Morgan fingerprint density at radius 3 is 2.52 bits per heavy atom. The van der Waals surface area contributed by atoms with Gasteiger partial charge in [-0.3, -0.25) is 9.36 Å². The minimum atomic E-state index is -0.252. The first-order valence-electron chi connectivity index (χ1n) is 10.6. The highest BCUT2D eigenvalue weighted by atomic mass is 16.6. The number of fused-ring (bicyclic) bond motifs is 2. The molecule has 1 aliphatic rings. The van der Waals surface area contributed by atoms with Gasteiger partial charge in [-0.15, -0.1) is 0 Å². The Morgan fingerprint density at radius 2 is 1.73 bits per heavy atom. The van der Waals surface area contributed by atoms with Crippen molar-refractivity contribution in [2.75, 3.05) is 13.2 Å². The number of hydrogen-bond acceptors (Lipinski definition) is 6. The molecule has 0 atom stereocenters. The van der Waals surface area contributed by atoms with Gasteiger partial charge in [0, 0.05) is 6.07 Å². The van der Waals surface area contributed by atoms with Gasteiger partial charge >= 0.3 is 0 Å². The summed E-state index contributed by atoms with van der Waals surface area (Å²) in [5.41, 5.74) is 3.96. The van der Waals surface area contributed by atoms with Crippen molar-refractivity contribution in [3.05, 3.63) is 82.5 Å². The summed E-state index contributed by atoms with van der Waals surface area (Å²) in [4.78, 5) is 18.6. The van der Waals surface area contributed by atoms with Crippen molar-refractivity contribution in [2.45, 2.75) is 13.8 Å². The van der Waals surface area contributed by atoms with Crippen LogP contribution in [-0.2, 0) is 0 Å². The maximum atomic E-state index is 13.7. The Labute approximate surface area is 188 Å². The molecule has 2 aromatic carbocycles. The number of ether oxygens (including phenoxy) is 2. The van der Waals surface area contributed by atoms with Crippen molar-refractivity contribution in [1.29, 1.82) is 0 Å². The number of hydrogen-bond donors (Lipinski definition) is 0. The van der Waals surface area contributed by atoms with Crippen LogP contribution in [0.1, 0.15) is 11.1 Å². The van der Waals surface area contributed by atoms with Gasteiger partial charge in [-0.2, -0.15) is 5.10 Å². The van der Waals surface area contributed by atoms with Crippen LogP contribution in [0.4, 0.5) is 0 Å². The number of benzene rings is 2. The average Bonchev–Trinajstić information content (AvgIpc) is 3.51. The maximum absolute atomic E-state index is 13.7. The molecule has 0 N–H and O–H groups in total. The fraction of sp³-hybridized carbons (Fsp3) is 0.160. The molecule has 0 amide bonds. The molecule has 1 aliphatic heterocycles. The first-order chi connectivity index (χ1) is 16.1. The van der Waals surface area contributed by atoms with Crippen LogP contribution < -0.4 is 15.0 Å². The average molecular weight is 440 g/mol. The molecule has 0 spiro atoms. The molecule has 0 aliphatic carbocycles. The van der Waals surface area contributed by atoms with E-state index in [1.165, 1.54) is 10.1 Å². The molecule has 33 heavy (non-hydrogen) atoms. The first-order valence-corrected chi connectivity index (χ1v) is 10.6. The van der Waals surface area contributed by atoms with E-state index < -0.39 is 0 Å². The van der Waals surface area contributed by atoms with Crippen molar-refractivity contribution < 1.29 is 13.9 Å². The lowest BCUT2D eigenvalue weighted by Crippen LogP contribution is -2.22. The van der Waals surface area contributed by atoms with E-state index in [1.807, 2.05) is 31.2 Å². The summed E-state index contributed by atoms with van der Waals surface area (Å²) in [5, 5.41) is 4.89. The van der Waals surface area contributed by atoms with Gasteiger partial charge in [0.15, 0.2) is 28.7 Å². The SMILES string of the molecule is Cc1ccc(-n2ncc3c(=O)n(-c4ccc5c(c4)OCCO5)c(-c4ccco4)nc32)cc1C. The van der Waals surface area contributed by atoms with Crippen LogP contribution in [0, 0.1) is 13.8 Å². The number of aromatic nitrogens is 4. The maximum Gasteiger partial charge on any atom is 0.269 e. The largest absolute Gasteiger partial charge is 0.486 e. The van der Waals surface area contributed by atoms with Crippen LogP contribution in [0.2, 0.25) is 0 Å². The van der Waals surface area contributed by atoms with E-state index in [9.17, 15) is 4.79 Å². The summed E-state index contributed by atoms with van der Waals surface area (Å²) in [6.45, 7) is 5.05. The summed E-state index contributed by atoms with van der Waals surface area (Å²) in [6.07, 6.45) is 3.11. The van der Waals surface area contributed by atoms with Crippen LogP contribution in [0.5, 0.6) is 11.5 Å². The van der Waals surface area contributed by atoms with Gasteiger partial charge in [-0.1, -0.05) is 6.07 Å². The van der Waals surface area contributed by atoms with Gasteiger partial charge in [-0.25, -0.2) is 9.67 Å². The Bertz CT molecular complexity index is 1560. The van der Waals surface area contributed by atoms with Crippen LogP contribution in [0.25, 0.3) is 34.0 Å². The van der Waals surface area contributed by atoms with Crippen LogP contribution in [0.15, 0.2) is 70.2 Å². The second kappa shape index (κ2) is 7.37. The van der Waals surface area contributed by atoms with Gasteiger partial charge in [0.1, 0.15) is 18.6 Å². The second-order valence-corrected chi connectivity index (χ2v) is 7.94. The smallest absolute Gasteiger partial charge is 0.269 e. The molecule has 8 nitrogen and oxygen atoms in total. The van der Waals surface area contributed by atoms with E-state index >= 15 is 0 Å². The summed E-state index contributed by atoms with van der Waals surface area (Å²) < 4.78 is 20.2. The molecule has 6 rings (SSSR count). The summed E-state index contributed by atoms with van der Waals surface area (Å²) >= 11 is 0. The van der Waals surface area contributed by atoms with Crippen molar-refractivity contribution >= 4 is 11.0 Å². The van der Waals surface area contributed by atoms with Crippen LogP contribution in [-0.4, -0.2) is 32.5 Å². The third kappa shape index (κ3) is 3.10. The Balaban J connectivity index is 1.62. The standard InChI is InChI=1S/C25H20N4O4/c1-15-5-6-18(12-16(15)2)29-23-19(14-26-29)25(30)28(24(27-23)21-4-3-9-31-21)17-7-8-20-22(13-17)33-11-10-32-20/h3-9,12-14H,10-11H2,1-2H3. The molecule has 4 heterocycles. The number of aryl methyl sites for hydroxylation is 2. The van der Waals surface area contributed by atoms with Crippen LogP contribution in [0.3, 0.4) is 0 Å². The molecule has 5 aromatic rings. The zero-order valence-corrected chi connectivity index (χ0v) is 18.1. The van der Waals surface area contributed by atoms with Gasteiger partial charge in [0.2, 0.25) is 0 Å². The van der Waals surface area contributed by atoms with E-state index in [2.05, 4.69) is 12.0 Å². The minimum absolute atomic E-state index is 0.252. The van der Waals surface area contributed by atoms with E-state index in [0.717, 1.165) is 11.3 Å². The number of furan rings is 1. The molecule has 0 bridgehead atoms. The molecule has 164 valence electrons. The van der Waals surface area contributed by atoms with Crippen molar-refractivity contribution in [2.24, 2.45) is 0 Å². The number of nitrogens with zero attached hydrogens (tertiary/aromatic N) is 4. The topological polar surface area (TPSA) is 84.3 Å². The van der Waals surface area contributed by atoms with E-state index in [0.29, 0.717) is 53.0 Å². The summed E-state index contributed by atoms with van der Waals surface area (Å²) in [6, 6.07) is 15.0. The first kappa shape index (κ1) is 19.4. The predicted octanol–water partition coefficient (Wildman–Crippen LogP) is 4.22. The molecule has 0 fully saturated rings. The quantitative estimate of drug-likeness (QED) is 0.418. The summed E-state index contributed by atoms with van der Waals surface area (Å²) in [7, 11) is 0. The normalized spacial score (nSPS) is 12.9. The highest BCUT2D eigenvalue weighted by Gasteiger charge is 2.21. The van der Waals surface area contributed by atoms with Crippen molar-refractivity contribution in [1.82, 2.24) is 19.3 Å². The van der Waals surface area contributed by atoms with E-state index in [4.69, 9.17) is 18.9 Å². The molecule has 3 aromatic heterocycles. The van der Waals surface area contributed by atoms with Gasteiger partial charge < -0.3 is 13.9 Å². The van der Waals surface area contributed by atoms with Crippen molar-refractivity contribution in [3.8, 4) is 34.5 Å². The Morgan fingerprint density at radius 1 is 0.909 bits per heavy atom. The lowest BCUT2D eigenvalue weighted by molar-refractivity contribution is 0.171. The molecule has 0 saturated heterocycles. The highest BCUT2D eigenvalue weighted by molar-refractivity contribution is 5.78. The third-order valence-corrected chi connectivity index (χ3v) is 5.86. The van der Waals surface area contributed by atoms with Gasteiger partial charge in [0.25, 0.3) is 5.56 Å². The van der Waals surface area contributed by atoms with E-state index in [-0.39, 0.29) is 5.56 Å². The molecule has 0 radical (unpaired) electrons. The molecule has 8 heteroatoms. The lowest BCUT2D eigenvalue weighted by Gasteiger charge is -2.20.